The van der Waals surface area contributed by atoms with Gasteiger partial charge >= 0.3 is 0 Å². The molecule has 0 spiro atoms. The van der Waals surface area contributed by atoms with Crippen molar-refractivity contribution in [3.05, 3.63) is 59.9 Å². The van der Waals surface area contributed by atoms with Gasteiger partial charge in [0.1, 0.15) is 11.9 Å². The standard InChI is InChI=1S/C22H23FN6O2/c1-13(2)19(25-21(30)15-3-7-16(23)8-4-15)22(31)24-17-9-5-14(6-10-17)20-26-27-28-29(20)18-11-12-18/h3-10,13,18-19H,11-12H2,1-2H3,(H,24,31)(H,25,30). The molecule has 160 valence electrons. The van der Waals surface area contributed by atoms with Gasteiger partial charge in [-0.3, -0.25) is 9.59 Å². The van der Waals surface area contributed by atoms with Crippen LogP contribution in [0.3, 0.4) is 0 Å². The number of benzene rings is 2. The summed E-state index contributed by atoms with van der Waals surface area (Å²) in [7, 11) is 0. The summed E-state index contributed by atoms with van der Waals surface area (Å²) in [6.45, 7) is 3.69. The highest BCUT2D eigenvalue weighted by Crippen LogP contribution is 2.36. The van der Waals surface area contributed by atoms with Crippen LogP contribution in [0.5, 0.6) is 0 Å². The third kappa shape index (κ3) is 4.76. The molecule has 1 heterocycles. The molecule has 4 rings (SSSR count). The van der Waals surface area contributed by atoms with E-state index >= 15 is 0 Å². The second-order valence-corrected chi connectivity index (χ2v) is 7.95. The summed E-state index contributed by atoms with van der Waals surface area (Å²) in [4.78, 5) is 25.3. The van der Waals surface area contributed by atoms with Crippen LogP contribution >= 0.6 is 0 Å². The molecule has 8 nitrogen and oxygen atoms in total. The summed E-state index contributed by atoms with van der Waals surface area (Å²) in [6.07, 6.45) is 2.15. The smallest absolute Gasteiger partial charge is 0.251 e. The Morgan fingerprint density at radius 3 is 2.35 bits per heavy atom. The van der Waals surface area contributed by atoms with Gasteiger partial charge in [-0.05, 0) is 77.7 Å². The van der Waals surface area contributed by atoms with Crippen molar-refractivity contribution in [3.8, 4) is 11.4 Å². The monoisotopic (exact) mass is 422 g/mol. The molecule has 0 saturated heterocycles. The fraction of sp³-hybridized carbons (Fsp3) is 0.318. The fourth-order valence-corrected chi connectivity index (χ4v) is 3.23. The van der Waals surface area contributed by atoms with Crippen LogP contribution in [0.2, 0.25) is 0 Å². The molecule has 1 aromatic heterocycles. The highest BCUT2D eigenvalue weighted by Gasteiger charge is 2.28. The van der Waals surface area contributed by atoms with Crippen LogP contribution in [0.25, 0.3) is 11.4 Å². The number of tetrazole rings is 1. The van der Waals surface area contributed by atoms with Crippen LogP contribution in [-0.4, -0.2) is 38.1 Å². The topological polar surface area (TPSA) is 102 Å². The molecule has 1 fully saturated rings. The Bertz CT molecular complexity index is 1070. The fourth-order valence-electron chi connectivity index (χ4n) is 3.23. The average Bonchev–Trinajstić information content (AvgIpc) is 3.49. The van der Waals surface area contributed by atoms with Crippen molar-refractivity contribution in [2.24, 2.45) is 5.92 Å². The van der Waals surface area contributed by atoms with Crippen LogP contribution < -0.4 is 10.6 Å². The molecule has 0 bridgehead atoms. The summed E-state index contributed by atoms with van der Waals surface area (Å²) in [5.41, 5.74) is 1.75. The molecule has 31 heavy (non-hydrogen) atoms. The predicted octanol–water partition coefficient (Wildman–Crippen LogP) is 3.21. The SMILES string of the molecule is CC(C)C(NC(=O)c1ccc(F)cc1)C(=O)Nc1ccc(-c2nnnn2C2CC2)cc1. The molecule has 2 amide bonds. The normalized spacial score (nSPS) is 14.3. The van der Waals surface area contributed by atoms with Gasteiger partial charge in [0.15, 0.2) is 5.82 Å². The maximum Gasteiger partial charge on any atom is 0.251 e. The Hall–Kier alpha value is -3.62. The maximum absolute atomic E-state index is 13.1. The van der Waals surface area contributed by atoms with Crippen molar-refractivity contribution in [1.82, 2.24) is 25.5 Å². The van der Waals surface area contributed by atoms with Gasteiger partial charge in [-0.2, -0.15) is 0 Å². The zero-order chi connectivity index (χ0) is 22.0. The van der Waals surface area contributed by atoms with E-state index in [0.717, 1.165) is 18.4 Å². The van der Waals surface area contributed by atoms with Gasteiger partial charge in [0.05, 0.1) is 6.04 Å². The highest BCUT2D eigenvalue weighted by atomic mass is 19.1. The molecule has 3 aromatic rings. The largest absolute Gasteiger partial charge is 0.340 e. The first kappa shape index (κ1) is 20.6. The minimum absolute atomic E-state index is 0.146. The molecule has 0 aliphatic heterocycles. The molecule has 1 saturated carbocycles. The summed E-state index contributed by atoms with van der Waals surface area (Å²) >= 11 is 0. The zero-order valence-corrected chi connectivity index (χ0v) is 17.2. The van der Waals surface area contributed by atoms with Gasteiger partial charge in [-0.25, -0.2) is 9.07 Å². The number of anilines is 1. The third-order valence-electron chi connectivity index (χ3n) is 5.14. The third-order valence-corrected chi connectivity index (χ3v) is 5.14. The lowest BCUT2D eigenvalue weighted by Crippen LogP contribution is -2.47. The van der Waals surface area contributed by atoms with Gasteiger partial charge in [-0.1, -0.05) is 13.8 Å². The average molecular weight is 422 g/mol. The van der Waals surface area contributed by atoms with Crippen molar-refractivity contribution < 1.29 is 14.0 Å². The highest BCUT2D eigenvalue weighted by molar-refractivity contribution is 6.01. The van der Waals surface area contributed by atoms with E-state index in [1.165, 1.54) is 24.3 Å². The lowest BCUT2D eigenvalue weighted by Gasteiger charge is -2.22. The van der Waals surface area contributed by atoms with Crippen LogP contribution in [-0.2, 0) is 4.79 Å². The van der Waals surface area contributed by atoms with Crippen molar-refractivity contribution in [2.75, 3.05) is 5.32 Å². The van der Waals surface area contributed by atoms with Gasteiger partial charge in [0.2, 0.25) is 5.91 Å². The lowest BCUT2D eigenvalue weighted by atomic mass is 10.0. The van der Waals surface area contributed by atoms with E-state index in [-0.39, 0.29) is 17.4 Å². The molecular formula is C22H23FN6O2. The summed E-state index contributed by atoms with van der Waals surface area (Å²) in [6, 6.07) is 12.0. The lowest BCUT2D eigenvalue weighted by molar-refractivity contribution is -0.118. The number of hydrogen-bond acceptors (Lipinski definition) is 5. The number of nitrogens with zero attached hydrogens (tertiary/aromatic N) is 4. The first-order valence-electron chi connectivity index (χ1n) is 10.2. The first-order chi connectivity index (χ1) is 14.9. The Balaban J connectivity index is 1.43. The minimum Gasteiger partial charge on any atom is -0.340 e. The number of halogens is 1. The van der Waals surface area contributed by atoms with Crippen LogP contribution in [0, 0.1) is 11.7 Å². The number of rotatable bonds is 7. The number of carbonyl (C=O) groups is 2. The molecule has 9 heteroatoms. The Kier molecular flexibility index (Phi) is 5.75. The number of aromatic nitrogens is 4. The molecular weight excluding hydrogens is 399 g/mol. The Labute approximate surface area is 178 Å². The number of carbonyl (C=O) groups excluding carboxylic acids is 2. The van der Waals surface area contributed by atoms with E-state index in [1.807, 2.05) is 30.7 Å². The zero-order valence-electron chi connectivity index (χ0n) is 17.2. The van der Waals surface area contributed by atoms with Gasteiger partial charge in [0, 0.05) is 16.8 Å². The quantitative estimate of drug-likeness (QED) is 0.609. The van der Waals surface area contributed by atoms with Crippen molar-refractivity contribution in [2.45, 2.75) is 38.8 Å². The molecule has 2 N–H and O–H groups in total. The molecule has 0 radical (unpaired) electrons. The van der Waals surface area contributed by atoms with Gasteiger partial charge < -0.3 is 10.6 Å². The summed E-state index contributed by atoms with van der Waals surface area (Å²) in [5, 5.41) is 17.5. The van der Waals surface area contributed by atoms with Crippen molar-refractivity contribution in [3.63, 3.8) is 0 Å². The number of nitrogens with one attached hydrogen (secondary N) is 2. The summed E-state index contributed by atoms with van der Waals surface area (Å²) in [5.74, 6) is -0.639. The second kappa shape index (κ2) is 8.63. The van der Waals surface area contributed by atoms with E-state index in [9.17, 15) is 14.0 Å². The molecule has 1 unspecified atom stereocenters. The first-order valence-corrected chi connectivity index (χ1v) is 10.2. The second-order valence-electron chi connectivity index (χ2n) is 7.95. The van der Waals surface area contributed by atoms with Crippen LogP contribution in [0.4, 0.5) is 10.1 Å². The number of hydrogen-bond donors (Lipinski definition) is 2. The van der Waals surface area contributed by atoms with Crippen molar-refractivity contribution in [1.29, 1.82) is 0 Å². The van der Waals surface area contributed by atoms with Crippen LogP contribution in [0.15, 0.2) is 48.5 Å². The maximum atomic E-state index is 13.1. The molecule has 1 aliphatic rings. The Morgan fingerprint density at radius 2 is 1.74 bits per heavy atom. The van der Waals surface area contributed by atoms with E-state index in [1.54, 1.807) is 12.1 Å². The predicted molar refractivity (Wildman–Crippen MR) is 113 cm³/mol. The van der Waals surface area contributed by atoms with Crippen molar-refractivity contribution >= 4 is 17.5 Å². The molecule has 2 aromatic carbocycles. The van der Waals surface area contributed by atoms with Crippen LogP contribution in [0.1, 0.15) is 43.1 Å². The van der Waals surface area contributed by atoms with E-state index < -0.39 is 17.8 Å². The van der Waals surface area contributed by atoms with Gasteiger partial charge in [0.25, 0.3) is 5.91 Å². The van der Waals surface area contributed by atoms with E-state index in [2.05, 4.69) is 26.2 Å². The summed E-state index contributed by atoms with van der Waals surface area (Å²) < 4.78 is 14.9. The molecule has 1 aliphatic carbocycles. The Morgan fingerprint density at radius 1 is 1.06 bits per heavy atom. The minimum atomic E-state index is -0.751. The van der Waals surface area contributed by atoms with E-state index in [0.29, 0.717) is 17.6 Å². The van der Waals surface area contributed by atoms with E-state index in [4.69, 9.17) is 0 Å². The van der Waals surface area contributed by atoms with Gasteiger partial charge in [-0.15, -0.1) is 5.10 Å². The number of amides is 2. The molecule has 1 atom stereocenters.